The van der Waals surface area contributed by atoms with E-state index in [0.29, 0.717) is 36.3 Å². The minimum absolute atomic E-state index is 0.101. The van der Waals surface area contributed by atoms with Crippen LogP contribution in [0.1, 0.15) is 31.9 Å². The molecule has 1 heterocycles. The molecule has 0 radical (unpaired) electrons. The Labute approximate surface area is 183 Å². The van der Waals surface area contributed by atoms with Crippen LogP contribution in [0.5, 0.6) is 5.75 Å². The van der Waals surface area contributed by atoms with E-state index in [1.165, 1.54) is 0 Å². The highest BCUT2D eigenvalue weighted by atomic mass is 32.1. The molecule has 3 aromatic rings. The van der Waals surface area contributed by atoms with Gasteiger partial charge in [-0.05, 0) is 54.9 Å². The zero-order chi connectivity index (χ0) is 21.5. The molecule has 0 aliphatic heterocycles. The molecule has 0 aliphatic carbocycles. The third-order valence-electron chi connectivity index (χ3n) is 4.73. The van der Waals surface area contributed by atoms with Crippen LogP contribution in [0.3, 0.4) is 0 Å². The van der Waals surface area contributed by atoms with E-state index in [0.717, 1.165) is 28.8 Å². The first kappa shape index (κ1) is 21.8. The van der Waals surface area contributed by atoms with Crippen molar-refractivity contribution in [2.45, 2.75) is 33.9 Å². The lowest BCUT2D eigenvalue weighted by atomic mass is 10.1. The van der Waals surface area contributed by atoms with Gasteiger partial charge in [0.05, 0.1) is 13.2 Å². The van der Waals surface area contributed by atoms with Crippen LogP contribution in [0.25, 0.3) is 10.9 Å². The van der Waals surface area contributed by atoms with Crippen molar-refractivity contribution in [3.63, 3.8) is 0 Å². The largest absolute Gasteiger partial charge is 0.494 e. The van der Waals surface area contributed by atoms with Gasteiger partial charge in [0.25, 0.3) is 5.56 Å². The first-order valence-electron chi connectivity index (χ1n) is 10.3. The molecule has 30 heavy (non-hydrogen) atoms. The van der Waals surface area contributed by atoms with Crippen LogP contribution in [0, 0.1) is 5.92 Å². The van der Waals surface area contributed by atoms with Crippen LogP contribution in [0.2, 0.25) is 0 Å². The number of rotatable bonds is 8. The van der Waals surface area contributed by atoms with Crippen molar-refractivity contribution in [2.75, 3.05) is 13.2 Å². The third-order valence-corrected chi connectivity index (χ3v) is 5.13. The number of thiocarbonyl (C=S) groups is 1. The van der Waals surface area contributed by atoms with Gasteiger partial charge in [-0.15, -0.1) is 0 Å². The average molecular weight is 424 g/mol. The molecule has 3 rings (SSSR count). The highest BCUT2D eigenvalue weighted by molar-refractivity contribution is 7.80. The molecule has 0 amide bonds. The van der Waals surface area contributed by atoms with Gasteiger partial charge in [0.15, 0.2) is 5.11 Å². The molecule has 2 N–H and O–H groups in total. The van der Waals surface area contributed by atoms with Gasteiger partial charge in [-0.2, -0.15) is 0 Å². The number of nitrogens with zero attached hydrogens (tertiary/aromatic N) is 1. The Morgan fingerprint density at radius 2 is 1.90 bits per heavy atom. The monoisotopic (exact) mass is 423 g/mol. The number of pyridine rings is 1. The molecular weight excluding hydrogens is 394 g/mol. The van der Waals surface area contributed by atoms with Crippen molar-refractivity contribution in [2.24, 2.45) is 5.92 Å². The maximum Gasteiger partial charge on any atom is 0.253 e. The van der Waals surface area contributed by atoms with Gasteiger partial charge in [0, 0.05) is 29.6 Å². The number of ether oxygens (including phenoxy) is 1. The molecule has 5 nitrogen and oxygen atoms in total. The fourth-order valence-electron chi connectivity index (χ4n) is 3.22. The standard InChI is InChI=1S/C24H29N3O2S/c1-4-29-21-10-11-22-19(13-21)12-20(23(28)26-22)16-27(24(30)25-14-17(2)3)15-18-8-6-5-7-9-18/h5-13,17H,4,14-16H2,1-3H3,(H,25,30)(H,26,28). The lowest BCUT2D eigenvalue weighted by Gasteiger charge is -2.26. The molecule has 0 spiro atoms. The van der Waals surface area contributed by atoms with Crippen molar-refractivity contribution >= 4 is 28.2 Å². The molecule has 0 saturated carbocycles. The Hall–Kier alpha value is -2.86. The molecule has 0 aliphatic rings. The number of nitrogens with one attached hydrogen (secondary N) is 2. The van der Waals surface area contributed by atoms with E-state index in [9.17, 15) is 4.79 Å². The molecule has 0 unspecified atom stereocenters. The minimum Gasteiger partial charge on any atom is -0.494 e. The number of H-pyrrole nitrogens is 1. The Kier molecular flexibility index (Phi) is 7.46. The van der Waals surface area contributed by atoms with Crippen molar-refractivity contribution in [1.29, 1.82) is 0 Å². The highest BCUT2D eigenvalue weighted by Crippen LogP contribution is 2.20. The molecule has 158 valence electrons. The second-order valence-electron chi connectivity index (χ2n) is 7.73. The summed E-state index contributed by atoms with van der Waals surface area (Å²) in [4.78, 5) is 17.8. The second kappa shape index (κ2) is 10.3. The minimum atomic E-state index is -0.101. The molecule has 2 aromatic carbocycles. The SMILES string of the molecule is CCOc1ccc2[nH]c(=O)c(CN(Cc3ccccc3)C(=S)NCC(C)C)cc2c1. The molecule has 0 saturated heterocycles. The van der Waals surface area contributed by atoms with Crippen LogP contribution in [0.15, 0.2) is 59.4 Å². The van der Waals surface area contributed by atoms with E-state index in [-0.39, 0.29) is 5.56 Å². The maximum absolute atomic E-state index is 12.7. The van der Waals surface area contributed by atoms with Crippen LogP contribution in [0.4, 0.5) is 0 Å². The number of aromatic nitrogens is 1. The first-order chi connectivity index (χ1) is 14.5. The van der Waals surface area contributed by atoms with Gasteiger partial charge in [-0.25, -0.2) is 0 Å². The number of hydrogen-bond acceptors (Lipinski definition) is 3. The fourth-order valence-corrected chi connectivity index (χ4v) is 3.43. The topological polar surface area (TPSA) is 57.4 Å². The summed E-state index contributed by atoms with van der Waals surface area (Å²) in [6.07, 6.45) is 0. The predicted molar refractivity (Wildman–Crippen MR) is 127 cm³/mol. The van der Waals surface area contributed by atoms with Gasteiger partial charge in [-0.1, -0.05) is 44.2 Å². The van der Waals surface area contributed by atoms with E-state index in [1.807, 2.05) is 54.3 Å². The van der Waals surface area contributed by atoms with E-state index < -0.39 is 0 Å². The van der Waals surface area contributed by atoms with E-state index in [1.54, 1.807) is 0 Å². The molecule has 0 fully saturated rings. The lowest BCUT2D eigenvalue weighted by Crippen LogP contribution is -2.41. The van der Waals surface area contributed by atoms with Gasteiger partial charge in [0.1, 0.15) is 5.75 Å². The molecular formula is C24H29N3O2S. The van der Waals surface area contributed by atoms with Gasteiger partial charge >= 0.3 is 0 Å². The zero-order valence-corrected chi connectivity index (χ0v) is 18.6. The first-order valence-corrected chi connectivity index (χ1v) is 10.7. The fraction of sp³-hybridized carbons (Fsp3) is 0.333. The Bertz CT molecular complexity index is 1050. The van der Waals surface area contributed by atoms with E-state index in [4.69, 9.17) is 17.0 Å². The summed E-state index contributed by atoms with van der Waals surface area (Å²) in [5, 5.41) is 4.92. The summed E-state index contributed by atoms with van der Waals surface area (Å²) >= 11 is 5.67. The van der Waals surface area contributed by atoms with Crippen LogP contribution >= 0.6 is 12.2 Å². The molecule has 6 heteroatoms. The predicted octanol–water partition coefficient (Wildman–Crippen LogP) is 4.46. The molecule has 1 aromatic heterocycles. The Balaban J connectivity index is 1.89. The summed E-state index contributed by atoms with van der Waals surface area (Å²) in [6, 6.07) is 17.8. The summed E-state index contributed by atoms with van der Waals surface area (Å²) in [6.45, 7) is 8.67. The normalized spacial score (nSPS) is 10.9. The smallest absolute Gasteiger partial charge is 0.253 e. The summed E-state index contributed by atoms with van der Waals surface area (Å²) in [7, 11) is 0. The van der Waals surface area contributed by atoms with E-state index >= 15 is 0 Å². The number of fused-ring (bicyclic) bond motifs is 1. The van der Waals surface area contributed by atoms with Gasteiger partial charge in [0.2, 0.25) is 0 Å². The molecule has 0 bridgehead atoms. The van der Waals surface area contributed by atoms with Gasteiger partial charge in [-0.3, -0.25) is 4.79 Å². The van der Waals surface area contributed by atoms with Crippen LogP contribution in [-0.2, 0) is 13.1 Å². The quantitative estimate of drug-likeness (QED) is 0.524. The maximum atomic E-state index is 12.7. The Morgan fingerprint density at radius 1 is 1.13 bits per heavy atom. The number of benzene rings is 2. The number of hydrogen-bond donors (Lipinski definition) is 2. The Morgan fingerprint density at radius 3 is 2.60 bits per heavy atom. The molecule has 0 atom stereocenters. The van der Waals surface area contributed by atoms with Crippen LogP contribution in [-0.4, -0.2) is 28.1 Å². The van der Waals surface area contributed by atoms with E-state index in [2.05, 4.69) is 36.3 Å². The summed E-state index contributed by atoms with van der Waals surface area (Å²) in [5.74, 6) is 1.26. The van der Waals surface area contributed by atoms with Crippen molar-refractivity contribution in [3.8, 4) is 5.75 Å². The second-order valence-corrected chi connectivity index (χ2v) is 8.11. The van der Waals surface area contributed by atoms with Crippen molar-refractivity contribution in [3.05, 3.63) is 76.1 Å². The van der Waals surface area contributed by atoms with Crippen molar-refractivity contribution < 1.29 is 4.74 Å². The number of aromatic amines is 1. The zero-order valence-electron chi connectivity index (χ0n) is 17.8. The summed E-state index contributed by atoms with van der Waals surface area (Å²) in [5.41, 5.74) is 2.50. The van der Waals surface area contributed by atoms with Crippen LogP contribution < -0.4 is 15.6 Å². The third kappa shape index (κ3) is 5.83. The lowest BCUT2D eigenvalue weighted by molar-refractivity contribution is 0.340. The highest BCUT2D eigenvalue weighted by Gasteiger charge is 2.14. The average Bonchev–Trinajstić information content (AvgIpc) is 2.73. The van der Waals surface area contributed by atoms with Crippen molar-refractivity contribution in [1.82, 2.24) is 15.2 Å². The summed E-state index contributed by atoms with van der Waals surface area (Å²) < 4.78 is 5.60. The van der Waals surface area contributed by atoms with Gasteiger partial charge < -0.3 is 19.9 Å².